The van der Waals surface area contributed by atoms with Gasteiger partial charge in [-0.05, 0) is 38.0 Å². The smallest absolute Gasteiger partial charge is 0.331 e. The van der Waals surface area contributed by atoms with Crippen molar-refractivity contribution in [2.24, 2.45) is 0 Å². The molecule has 18 heavy (non-hydrogen) atoms. The van der Waals surface area contributed by atoms with Crippen LogP contribution in [0.25, 0.3) is 0 Å². The Balaban J connectivity index is 2.88. The third-order valence-electron chi connectivity index (χ3n) is 2.82. The van der Waals surface area contributed by atoms with Crippen LogP contribution in [0.4, 0.5) is 5.69 Å². The van der Waals surface area contributed by atoms with Gasteiger partial charge in [-0.1, -0.05) is 19.1 Å². The zero-order valence-electron chi connectivity index (χ0n) is 10.8. The summed E-state index contributed by atoms with van der Waals surface area (Å²) >= 11 is 0. The van der Waals surface area contributed by atoms with Crippen LogP contribution in [-0.2, 0) is 16.0 Å². The number of aryl methyl sites for hydroxylation is 1. The highest BCUT2D eigenvalue weighted by molar-refractivity contribution is 6.08. The lowest BCUT2D eigenvalue weighted by molar-refractivity contribution is -0.133. The molecular formula is C14H17NO3. The van der Waals surface area contributed by atoms with Crippen LogP contribution in [0.2, 0.25) is 0 Å². The molecule has 4 nitrogen and oxygen atoms in total. The summed E-state index contributed by atoms with van der Waals surface area (Å²) in [6, 6.07) is 7.49. The van der Waals surface area contributed by atoms with E-state index in [0.717, 1.165) is 12.0 Å². The van der Waals surface area contributed by atoms with Crippen LogP contribution in [-0.4, -0.2) is 17.0 Å². The Labute approximate surface area is 106 Å². The molecule has 1 aromatic rings. The Morgan fingerprint density at radius 1 is 1.22 bits per heavy atom. The maximum absolute atomic E-state index is 11.8. The van der Waals surface area contributed by atoms with Gasteiger partial charge in [0.15, 0.2) is 0 Å². The van der Waals surface area contributed by atoms with Crippen LogP contribution in [0.1, 0.15) is 26.3 Å². The second kappa shape index (κ2) is 6.00. The zero-order chi connectivity index (χ0) is 13.7. The van der Waals surface area contributed by atoms with Gasteiger partial charge in [-0.3, -0.25) is 4.79 Å². The minimum atomic E-state index is -1.08. The van der Waals surface area contributed by atoms with Crippen LogP contribution in [0, 0.1) is 0 Å². The van der Waals surface area contributed by atoms with E-state index in [2.05, 4.69) is 5.32 Å². The molecular weight excluding hydrogens is 230 g/mol. The van der Waals surface area contributed by atoms with Crippen LogP contribution in [0.5, 0.6) is 0 Å². The number of anilines is 1. The molecule has 0 unspecified atom stereocenters. The third-order valence-corrected chi connectivity index (χ3v) is 2.82. The normalized spacial score (nSPS) is 11.7. The van der Waals surface area contributed by atoms with E-state index < -0.39 is 5.97 Å². The number of carbonyl (C=O) groups excluding carboxylic acids is 1. The van der Waals surface area contributed by atoms with E-state index in [0.29, 0.717) is 5.69 Å². The Morgan fingerprint density at radius 2 is 1.89 bits per heavy atom. The number of hydrogen-bond donors (Lipinski definition) is 2. The predicted octanol–water partition coefficient (Wildman–Crippen LogP) is 2.61. The molecule has 0 saturated carbocycles. The first-order valence-corrected chi connectivity index (χ1v) is 5.76. The molecule has 0 heterocycles. The van der Waals surface area contributed by atoms with Gasteiger partial charge in [0.25, 0.3) is 5.91 Å². The number of rotatable bonds is 4. The Bertz CT molecular complexity index is 504. The van der Waals surface area contributed by atoms with Crippen LogP contribution >= 0.6 is 0 Å². The maximum atomic E-state index is 11.8. The molecule has 0 radical (unpaired) electrons. The number of hydrogen-bond acceptors (Lipinski definition) is 2. The van der Waals surface area contributed by atoms with E-state index in [-0.39, 0.29) is 17.1 Å². The van der Waals surface area contributed by atoms with E-state index in [1.807, 2.05) is 25.1 Å². The predicted molar refractivity (Wildman–Crippen MR) is 70.5 cm³/mol. The van der Waals surface area contributed by atoms with Gasteiger partial charge in [0.1, 0.15) is 0 Å². The lowest BCUT2D eigenvalue weighted by atomic mass is 10.1. The van der Waals surface area contributed by atoms with Gasteiger partial charge in [0.05, 0.1) is 0 Å². The minimum absolute atomic E-state index is 0.0548. The highest BCUT2D eigenvalue weighted by Gasteiger charge is 2.12. The molecule has 4 heteroatoms. The average molecular weight is 247 g/mol. The number of aliphatic carboxylic acids is 1. The van der Waals surface area contributed by atoms with Gasteiger partial charge in [-0.25, -0.2) is 4.79 Å². The fourth-order valence-electron chi connectivity index (χ4n) is 1.42. The van der Waals surface area contributed by atoms with Crippen molar-refractivity contribution in [1.82, 2.24) is 0 Å². The monoisotopic (exact) mass is 247 g/mol. The number of amides is 1. The number of nitrogens with one attached hydrogen (secondary N) is 1. The van der Waals surface area contributed by atoms with Gasteiger partial charge >= 0.3 is 5.97 Å². The van der Waals surface area contributed by atoms with Crippen molar-refractivity contribution in [3.05, 3.63) is 41.0 Å². The molecule has 0 aromatic heterocycles. The number of carboxylic acids is 1. The van der Waals surface area contributed by atoms with Crippen molar-refractivity contribution in [3.8, 4) is 0 Å². The largest absolute Gasteiger partial charge is 0.478 e. The average Bonchev–Trinajstić information content (AvgIpc) is 2.36. The molecule has 0 bridgehead atoms. The molecule has 0 aliphatic rings. The molecule has 1 rings (SSSR count). The second-order valence-corrected chi connectivity index (χ2v) is 4.06. The Morgan fingerprint density at radius 3 is 2.44 bits per heavy atom. The minimum Gasteiger partial charge on any atom is -0.478 e. The summed E-state index contributed by atoms with van der Waals surface area (Å²) in [6.07, 6.45) is 0.882. The van der Waals surface area contributed by atoms with Crippen molar-refractivity contribution in [2.75, 3.05) is 5.32 Å². The van der Waals surface area contributed by atoms with Crippen molar-refractivity contribution in [1.29, 1.82) is 0 Å². The molecule has 0 fully saturated rings. The van der Waals surface area contributed by atoms with Crippen LogP contribution in [0.15, 0.2) is 35.4 Å². The van der Waals surface area contributed by atoms with Gasteiger partial charge in [-0.15, -0.1) is 0 Å². The number of benzene rings is 1. The maximum Gasteiger partial charge on any atom is 0.331 e. The fraction of sp³-hybridized carbons (Fsp3) is 0.286. The number of carboxylic acid groups (broad SMARTS) is 1. The first kappa shape index (κ1) is 14.0. The fourth-order valence-corrected chi connectivity index (χ4v) is 1.42. The molecule has 1 amide bonds. The Hall–Kier alpha value is -2.10. The van der Waals surface area contributed by atoms with Crippen molar-refractivity contribution in [2.45, 2.75) is 27.2 Å². The van der Waals surface area contributed by atoms with E-state index >= 15 is 0 Å². The van der Waals surface area contributed by atoms with E-state index in [4.69, 9.17) is 5.11 Å². The summed E-state index contributed by atoms with van der Waals surface area (Å²) in [5.41, 5.74) is 2.06. The molecule has 0 aliphatic heterocycles. The van der Waals surface area contributed by atoms with Crippen molar-refractivity contribution in [3.63, 3.8) is 0 Å². The van der Waals surface area contributed by atoms with E-state index in [9.17, 15) is 9.59 Å². The molecule has 1 aromatic carbocycles. The second-order valence-electron chi connectivity index (χ2n) is 4.06. The summed E-state index contributed by atoms with van der Waals surface area (Å²) in [5.74, 6) is -1.46. The summed E-state index contributed by atoms with van der Waals surface area (Å²) in [4.78, 5) is 22.6. The van der Waals surface area contributed by atoms with Gasteiger partial charge in [-0.2, -0.15) is 0 Å². The molecule has 96 valence electrons. The highest BCUT2D eigenvalue weighted by atomic mass is 16.4. The SMILES string of the molecule is CCc1cccc(NC(=O)C(C)=C(C)C(=O)O)c1. The van der Waals surface area contributed by atoms with E-state index in [1.165, 1.54) is 13.8 Å². The highest BCUT2D eigenvalue weighted by Crippen LogP contribution is 2.13. The Kier molecular flexibility index (Phi) is 4.66. The van der Waals surface area contributed by atoms with Gasteiger partial charge < -0.3 is 10.4 Å². The quantitative estimate of drug-likeness (QED) is 0.804. The van der Waals surface area contributed by atoms with Crippen molar-refractivity contribution < 1.29 is 14.7 Å². The van der Waals surface area contributed by atoms with Crippen molar-refractivity contribution >= 4 is 17.6 Å². The topological polar surface area (TPSA) is 66.4 Å². The molecule has 0 spiro atoms. The van der Waals surface area contributed by atoms with E-state index in [1.54, 1.807) is 6.07 Å². The lowest BCUT2D eigenvalue weighted by Gasteiger charge is -2.08. The summed E-state index contributed by atoms with van der Waals surface area (Å²) < 4.78 is 0. The standard InChI is InChI=1S/C14H17NO3/c1-4-11-6-5-7-12(8-11)15-13(16)9(2)10(3)14(17)18/h5-8H,4H2,1-3H3,(H,15,16)(H,17,18). The third kappa shape index (κ3) is 3.45. The van der Waals surface area contributed by atoms with Gasteiger partial charge in [0, 0.05) is 16.8 Å². The summed E-state index contributed by atoms with van der Waals surface area (Å²) in [6.45, 7) is 4.95. The molecule has 2 N–H and O–H groups in total. The van der Waals surface area contributed by atoms with Crippen LogP contribution < -0.4 is 5.32 Å². The summed E-state index contributed by atoms with van der Waals surface area (Å²) in [7, 11) is 0. The number of carbonyl (C=O) groups is 2. The van der Waals surface area contributed by atoms with Gasteiger partial charge in [0.2, 0.25) is 0 Å². The first-order chi connectivity index (χ1) is 8.45. The molecule has 0 saturated heterocycles. The molecule has 0 aliphatic carbocycles. The van der Waals surface area contributed by atoms with Crippen LogP contribution in [0.3, 0.4) is 0 Å². The zero-order valence-corrected chi connectivity index (χ0v) is 10.8. The lowest BCUT2D eigenvalue weighted by Crippen LogP contribution is -2.16. The summed E-state index contributed by atoms with van der Waals surface area (Å²) in [5, 5.41) is 11.5. The molecule has 0 atom stereocenters. The first-order valence-electron chi connectivity index (χ1n) is 5.76.